The molecule has 6 nitrogen and oxygen atoms in total. The number of carbonyl (C=O) groups is 1. The maximum absolute atomic E-state index is 11.9. The highest BCUT2D eigenvalue weighted by molar-refractivity contribution is 7.89. The fraction of sp³-hybridized carbons (Fsp3) is 0.462. The Balaban J connectivity index is 0.00000400. The van der Waals surface area contributed by atoms with Crippen molar-refractivity contribution in [2.45, 2.75) is 44.2 Å². The molecule has 120 valence electrons. The molecule has 0 aromatic heterocycles. The van der Waals surface area contributed by atoms with Gasteiger partial charge in [0, 0.05) is 11.7 Å². The summed E-state index contributed by atoms with van der Waals surface area (Å²) in [6.07, 6.45) is 0.538. The lowest BCUT2D eigenvalue weighted by atomic mass is 10.2. The molecule has 0 radical (unpaired) electrons. The van der Waals surface area contributed by atoms with Crippen molar-refractivity contribution in [3.63, 3.8) is 0 Å². The van der Waals surface area contributed by atoms with Crippen molar-refractivity contribution in [1.29, 1.82) is 0 Å². The third-order valence-electron chi connectivity index (χ3n) is 2.60. The van der Waals surface area contributed by atoms with Gasteiger partial charge in [0.25, 0.3) is 0 Å². The predicted molar refractivity (Wildman–Crippen MR) is 86.0 cm³/mol. The Kier molecular flexibility index (Phi) is 7.87. The molecule has 1 rings (SSSR count). The average Bonchev–Trinajstić information content (AvgIpc) is 2.36. The number of halogens is 1. The van der Waals surface area contributed by atoms with Gasteiger partial charge in [0.05, 0.1) is 10.9 Å². The number of amides is 1. The molecular weight excluding hydrogens is 314 g/mol. The Bertz CT molecular complexity index is 559. The number of nitrogens with one attached hydrogen (secondary N) is 2. The number of hydrogen-bond acceptors (Lipinski definition) is 4. The van der Waals surface area contributed by atoms with E-state index in [2.05, 4.69) is 10.0 Å². The molecule has 0 spiro atoms. The Morgan fingerprint density at radius 2 is 1.76 bits per heavy atom. The zero-order valence-electron chi connectivity index (χ0n) is 12.3. The molecule has 0 aliphatic heterocycles. The standard InChI is InChI=1S/C13H21N3O3S.ClH/c1-4-12(14)13(17)15-10-5-7-11(8-6-10)20(18,19)16-9(2)3;/h5-9,12,16H,4,14H2,1-3H3,(H,15,17);1H/t12-;/m0./s1. The number of sulfonamides is 1. The summed E-state index contributed by atoms with van der Waals surface area (Å²) in [7, 11) is -3.51. The summed E-state index contributed by atoms with van der Waals surface area (Å²) in [5, 5.41) is 2.63. The van der Waals surface area contributed by atoms with Crippen LogP contribution in [-0.2, 0) is 14.8 Å². The molecule has 0 heterocycles. The second kappa shape index (κ2) is 8.33. The Hall–Kier alpha value is -1.15. The molecule has 0 aliphatic carbocycles. The molecule has 1 amide bonds. The van der Waals surface area contributed by atoms with Crippen molar-refractivity contribution < 1.29 is 13.2 Å². The maximum Gasteiger partial charge on any atom is 0.241 e. The van der Waals surface area contributed by atoms with Crippen LogP contribution in [-0.4, -0.2) is 26.4 Å². The third-order valence-corrected chi connectivity index (χ3v) is 4.27. The van der Waals surface area contributed by atoms with E-state index in [1.807, 2.05) is 6.92 Å². The van der Waals surface area contributed by atoms with Crippen LogP contribution in [0.4, 0.5) is 5.69 Å². The molecule has 0 fully saturated rings. The van der Waals surface area contributed by atoms with Gasteiger partial charge in [-0.3, -0.25) is 4.79 Å². The van der Waals surface area contributed by atoms with Crippen LogP contribution < -0.4 is 15.8 Å². The lowest BCUT2D eigenvalue weighted by molar-refractivity contribution is -0.117. The summed E-state index contributed by atoms with van der Waals surface area (Å²) in [5.41, 5.74) is 6.12. The highest BCUT2D eigenvalue weighted by Crippen LogP contribution is 2.14. The minimum atomic E-state index is -3.51. The maximum atomic E-state index is 11.9. The SMILES string of the molecule is CC[C@H](N)C(=O)Nc1ccc(S(=O)(=O)NC(C)C)cc1.Cl. The Labute approximate surface area is 132 Å². The van der Waals surface area contributed by atoms with Gasteiger partial charge in [0.1, 0.15) is 0 Å². The fourth-order valence-corrected chi connectivity index (χ4v) is 2.77. The van der Waals surface area contributed by atoms with Crippen LogP contribution in [0.25, 0.3) is 0 Å². The summed E-state index contributed by atoms with van der Waals surface area (Å²) in [4.78, 5) is 11.8. The molecule has 0 unspecified atom stereocenters. The topological polar surface area (TPSA) is 101 Å². The number of nitrogens with two attached hydrogens (primary N) is 1. The van der Waals surface area contributed by atoms with Gasteiger partial charge >= 0.3 is 0 Å². The van der Waals surface area contributed by atoms with E-state index in [4.69, 9.17) is 5.73 Å². The van der Waals surface area contributed by atoms with E-state index < -0.39 is 16.1 Å². The zero-order chi connectivity index (χ0) is 15.3. The van der Waals surface area contributed by atoms with Gasteiger partial charge in [-0.2, -0.15) is 0 Å². The van der Waals surface area contributed by atoms with Gasteiger partial charge in [0.15, 0.2) is 0 Å². The van der Waals surface area contributed by atoms with E-state index in [9.17, 15) is 13.2 Å². The first-order valence-corrected chi connectivity index (χ1v) is 7.93. The monoisotopic (exact) mass is 335 g/mol. The molecule has 0 aliphatic rings. The van der Waals surface area contributed by atoms with Crippen LogP contribution in [0.2, 0.25) is 0 Å². The summed E-state index contributed by atoms with van der Waals surface area (Å²) >= 11 is 0. The second-order valence-electron chi connectivity index (χ2n) is 4.80. The van der Waals surface area contributed by atoms with E-state index in [1.54, 1.807) is 13.8 Å². The van der Waals surface area contributed by atoms with Crippen LogP contribution in [0, 0.1) is 0 Å². The van der Waals surface area contributed by atoms with Gasteiger partial charge in [-0.15, -0.1) is 12.4 Å². The molecule has 1 atom stereocenters. The minimum absolute atomic E-state index is 0. The third kappa shape index (κ3) is 6.01. The average molecular weight is 336 g/mol. The molecular formula is C13H22ClN3O3S. The minimum Gasteiger partial charge on any atom is -0.325 e. The Morgan fingerprint density at radius 1 is 1.24 bits per heavy atom. The van der Waals surface area contributed by atoms with Crippen LogP contribution in [0.3, 0.4) is 0 Å². The largest absolute Gasteiger partial charge is 0.325 e. The van der Waals surface area contributed by atoms with E-state index in [-0.39, 0.29) is 29.3 Å². The predicted octanol–water partition coefficient (Wildman–Crippen LogP) is 1.47. The number of benzene rings is 1. The number of carbonyl (C=O) groups excluding carboxylic acids is 1. The van der Waals surface area contributed by atoms with Crippen molar-refractivity contribution in [1.82, 2.24) is 4.72 Å². The molecule has 4 N–H and O–H groups in total. The first-order chi connectivity index (χ1) is 9.26. The van der Waals surface area contributed by atoms with Crippen LogP contribution >= 0.6 is 12.4 Å². The second-order valence-corrected chi connectivity index (χ2v) is 6.52. The molecule has 8 heteroatoms. The van der Waals surface area contributed by atoms with Crippen molar-refractivity contribution in [2.24, 2.45) is 5.73 Å². The van der Waals surface area contributed by atoms with Gasteiger partial charge in [-0.1, -0.05) is 6.92 Å². The van der Waals surface area contributed by atoms with Crippen LogP contribution in [0.1, 0.15) is 27.2 Å². The van der Waals surface area contributed by atoms with Gasteiger partial charge in [-0.25, -0.2) is 13.1 Å². The first kappa shape index (κ1) is 19.9. The zero-order valence-corrected chi connectivity index (χ0v) is 13.9. The van der Waals surface area contributed by atoms with Crippen molar-refractivity contribution in [3.8, 4) is 0 Å². The van der Waals surface area contributed by atoms with E-state index in [1.165, 1.54) is 24.3 Å². The number of anilines is 1. The van der Waals surface area contributed by atoms with Crippen molar-refractivity contribution >= 4 is 34.0 Å². The highest BCUT2D eigenvalue weighted by Gasteiger charge is 2.16. The lowest BCUT2D eigenvalue weighted by Crippen LogP contribution is -2.34. The molecule has 0 bridgehead atoms. The van der Waals surface area contributed by atoms with E-state index >= 15 is 0 Å². The number of rotatable bonds is 6. The molecule has 0 saturated carbocycles. The summed E-state index contributed by atoms with van der Waals surface area (Å²) in [6, 6.07) is 5.21. The first-order valence-electron chi connectivity index (χ1n) is 6.45. The van der Waals surface area contributed by atoms with Gasteiger partial charge < -0.3 is 11.1 Å². The number of hydrogen-bond donors (Lipinski definition) is 3. The van der Waals surface area contributed by atoms with Crippen molar-refractivity contribution in [3.05, 3.63) is 24.3 Å². The summed E-state index contributed by atoms with van der Waals surface area (Å²) in [6.45, 7) is 5.31. The molecule has 0 saturated heterocycles. The molecule has 21 heavy (non-hydrogen) atoms. The molecule has 1 aromatic rings. The van der Waals surface area contributed by atoms with Crippen LogP contribution in [0.5, 0.6) is 0 Å². The van der Waals surface area contributed by atoms with Crippen LogP contribution in [0.15, 0.2) is 29.2 Å². The Morgan fingerprint density at radius 3 is 2.19 bits per heavy atom. The smallest absolute Gasteiger partial charge is 0.241 e. The normalized spacial score (nSPS) is 12.6. The summed E-state index contributed by atoms with van der Waals surface area (Å²) in [5.74, 6) is -0.289. The fourth-order valence-electron chi connectivity index (χ4n) is 1.52. The van der Waals surface area contributed by atoms with Crippen molar-refractivity contribution in [2.75, 3.05) is 5.32 Å². The van der Waals surface area contributed by atoms with E-state index in [0.29, 0.717) is 12.1 Å². The van der Waals surface area contributed by atoms with Gasteiger partial charge in [0.2, 0.25) is 15.9 Å². The highest BCUT2D eigenvalue weighted by atomic mass is 35.5. The summed E-state index contributed by atoms with van der Waals surface area (Å²) < 4.78 is 26.3. The van der Waals surface area contributed by atoms with Gasteiger partial charge in [-0.05, 0) is 44.5 Å². The quantitative estimate of drug-likeness (QED) is 0.732. The lowest BCUT2D eigenvalue weighted by Gasteiger charge is -2.12. The molecule has 1 aromatic carbocycles. The van der Waals surface area contributed by atoms with E-state index in [0.717, 1.165) is 0 Å².